The number of piperazine rings is 1. The molecule has 1 heterocycles. The minimum Gasteiger partial charge on any atom is -0.389 e. The highest BCUT2D eigenvalue weighted by Gasteiger charge is 2.22. The van der Waals surface area contributed by atoms with Crippen molar-refractivity contribution in [2.45, 2.75) is 46.3 Å². The fourth-order valence-electron chi connectivity index (χ4n) is 3.16. The fourth-order valence-corrected chi connectivity index (χ4v) is 3.16. The molecule has 0 aliphatic carbocycles. The second-order valence-corrected chi connectivity index (χ2v) is 7.61. The molecule has 0 aromatic heterocycles. The topological polar surface area (TPSA) is 35.9 Å². The van der Waals surface area contributed by atoms with Crippen LogP contribution in [0.15, 0.2) is 18.2 Å². The number of aliphatic hydroxyl groups is 1. The van der Waals surface area contributed by atoms with E-state index in [0.717, 1.165) is 26.2 Å². The number of aryl methyl sites for hydroxylation is 2. The molecule has 0 spiro atoms. The molecule has 0 bridgehead atoms. The number of hydrogen-bond acceptors (Lipinski definition) is 4. The highest BCUT2D eigenvalue weighted by molar-refractivity contribution is 5.59. The first-order valence-corrected chi connectivity index (χ1v) is 8.62. The first-order valence-electron chi connectivity index (χ1n) is 8.62. The number of aliphatic hydroxyl groups excluding tert-OH is 1. The highest BCUT2D eigenvalue weighted by atomic mass is 16.5. The van der Waals surface area contributed by atoms with Crippen LogP contribution in [0.1, 0.15) is 31.9 Å². The van der Waals surface area contributed by atoms with Crippen LogP contribution in [0.5, 0.6) is 0 Å². The zero-order valence-electron chi connectivity index (χ0n) is 15.3. The Balaban J connectivity index is 1.82. The van der Waals surface area contributed by atoms with Crippen molar-refractivity contribution in [1.29, 1.82) is 0 Å². The van der Waals surface area contributed by atoms with Crippen LogP contribution in [0.25, 0.3) is 0 Å². The maximum Gasteiger partial charge on any atom is 0.0900 e. The largest absolute Gasteiger partial charge is 0.389 e. The van der Waals surface area contributed by atoms with Gasteiger partial charge in [0.1, 0.15) is 0 Å². The zero-order valence-corrected chi connectivity index (χ0v) is 15.3. The standard InChI is InChI=1S/C19H32N2O2/c1-15-7-6-8-16(2)18(15)21-11-9-20(10-12-21)13-17(22)14-23-19(3,4)5/h6-8,17,22H,9-14H2,1-5H3. The number of hydrogen-bond donors (Lipinski definition) is 1. The van der Waals surface area contributed by atoms with Gasteiger partial charge in [-0.1, -0.05) is 18.2 Å². The average Bonchev–Trinajstić information content (AvgIpc) is 2.46. The molecule has 1 unspecified atom stereocenters. The van der Waals surface area contributed by atoms with E-state index in [1.807, 2.05) is 20.8 Å². The Morgan fingerprint density at radius 3 is 2.17 bits per heavy atom. The van der Waals surface area contributed by atoms with Gasteiger partial charge in [-0.25, -0.2) is 0 Å². The fraction of sp³-hybridized carbons (Fsp3) is 0.684. The van der Waals surface area contributed by atoms with Gasteiger partial charge in [-0.15, -0.1) is 0 Å². The normalized spacial score (nSPS) is 18.3. The van der Waals surface area contributed by atoms with Crippen LogP contribution in [0.3, 0.4) is 0 Å². The van der Waals surface area contributed by atoms with Crippen molar-refractivity contribution >= 4 is 5.69 Å². The Morgan fingerprint density at radius 2 is 1.65 bits per heavy atom. The molecule has 23 heavy (non-hydrogen) atoms. The van der Waals surface area contributed by atoms with Gasteiger partial charge in [0.15, 0.2) is 0 Å². The molecule has 0 radical (unpaired) electrons. The zero-order chi connectivity index (χ0) is 17.0. The van der Waals surface area contributed by atoms with Crippen LogP contribution in [-0.4, -0.2) is 61.0 Å². The van der Waals surface area contributed by atoms with E-state index in [2.05, 4.69) is 41.8 Å². The summed E-state index contributed by atoms with van der Waals surface area (Å²) in [6, 6.07) is 6.49. The number of nitrogens with zero attached hydrogens (tertiary/aromatic N) is 2. The van der Waals surface area contributed by atoms with E-state index in [0.29, 0.717) is 13.2 Å². The summed E-state index contributed by atoms with van der Waals surface area (Å²) in [4.78, 5) is 4.81. The lowest BCUT2D eigenvalue weighted by Crippen LogP contribution is -2.49. The van der Waals surface area contributed by atoms with Crippen LogP contribution < -0.4 is 4.90 Å². The minimum atomic E-state index is -0.416. The third-order valence-corrected chi connectivity index (χ3v) is 4.31. The van der Waals surface area contributed by atoms with Crippen molar-refractivity contribution in [3.8, 4) is 0 Å². The van der Waals surface area contributed by atoms with Gasteiger partial charge < -0.3 is 14.7 Å². The maximum atomic E-state index is 10.2. The summed E-state index contributed by atoms with van der Waals surface area (Å²) in [6.07, 6.45) is -0.416. The molecule has 1 aliphatic heterocycles. The predicted octanol–water partition coefficient (Wildman–Crippen LogP) is 2.60. The van der Waals surface area contributed by atoms with Crippen molar-refractivity contribution in [2.75, 3.05) is 44.2 Å². The van der Waals surface area contributed by atoms with Crippen LogP contribution in [-0.2, 0) is 4.74 Å². The Bertz CT molecular complexity index is 482. The Morgan fingerprint density at radius 1 is 1.09 bits per heavy atom. The molecule has 130 valence electrons. The first-order chi connectivity index (χ1) is 10.8. The second kappa shape index (κ2) is 7.65. The molecule has 1 N–H and O–H groups in total. The number of rotatable bonds is 5. The van der Waals surface area contributed by atoms with Crippen molar-refractivity contribution in [2.24, 2.45) is 0 Å². The molecule has 4 heteroatoms. The molecule has 1 aliphatic rings. The van der Waals surface area contributed by atoms with Crippen molar-refractivity contribution in [3.05, 3.63) is 29.3 Å². The summed E-state index contributed by atoms with van der Waals surface area (Å²) in [7, 11) is 0. The van der Waals surface area contributed by atoms with E-state index < -0.39 is 6.10 Å². The summed E-state index contributed by atoms with van der Waals surface area (Å²) < 4.78 is 5.67. The molecule has 1 saturated heterocycles. The molecule has 1 fully saturated rings. The third-order valence-electron chi connectivity index (χ3n) is 4.31. The third kappa shape index (κ3) is 5.48. The first kappa shape index (κ1) is 18.2. The van der Waals surface area contributed by atoms with E-state index in [1.165, 1.54) is 16.8 Å². The molecule has 0 saturated carbocycles. The van der Waals surface area contributed by atoms with E-state index in [4.69, 9.17) is 4.74 Å². The summed E-state index contributed by atoms with van der Waals surface area (Å²) in [6.45, 7) is 15.5. The number of ether oxygens (including phenoxy) is 1. The Kier molecular flexibility index (Phi) is 6.06. The minimum absolute atomic E-state index is 0.192. The summed E-state index contributed by atoms with van der Waals surface area (Å²) >= 11 is 0. The van der Waals surface area contributed by atoms with Crippen LogP contribution in [0, 0.1) is 13.8 Å². The van der Waals surface area contributed by atoms with E-state index in [-0.39, 0.29) is 5.60 Å². The average molecular weight is 320 g/mol. The SMILES string of the molecule is Cc1cccc(C)c1N1CCN(CC(O)COC(C)(C)C)CC1. The van der Waals surface area contributed by atoms with Crippen molar-refractivity contribution in [3.63, 3.8) is 0 Å². The molecule has 2 rings (SSSR count). The Labute approximate surface area is 141 Å². The maximum absolute atomic E-state index is 10.2. The van der Waals surface area contributed by atoms with E-state index in [9.17, 15) is 5.11 Å². The van der Waals surface area contributed by atoms with Gasteiger partial charge in [0.2, 0.25) is 0 Å². The van der Waals surface area contributed by atoms with Crippen LogP contribution in [0.4, 0.5) is 5.69 Å². The van der Waals surface area contributed by atoms with Gasteiger partial charge in [0.25, 0.3) is 0 Å². The van der Waals surface area contributed by atoms with E-state index >= 15 is 0 Å². The van der Waals surface area contributed by atoms with Crippen LogP contribution >= 0.6 is 0 Å². The second-order valence-electron chi connectivity index (χ2n) is 7.61. The van der Waals surface area contributed by atoms with Crippen molar-refractivity contribution in [1.82, 2.24) is 4.90 Å². The van der Waals surface area contributed by atoms with Gasteiger partial charge in [-0.3, -0.25) is 4.90 Å². The van der Waals surface area contributed by atoms with Gasteiger partial charge in [-0.2, -0.15) is 0 Å². The van der Waals surface area contributed by atoms with Gasteiger partial charge in [0, 0.05) is 38.4 Å². The lowest BCUT2D eigenvalue weighted by molar-refractivity contribution is -0.0563. The Hall–Kier alpha value is -1.10. The molecule has 1 aromatic rings. The van der Waals surface area contributed by atoms with Gasteiger partial charge >= 0.3 is 0 Å². The van der Waals surface area contributed by atoms with Crippen molar-refractivity contribution < 1.29 is 9.84 Å². The lowest BCUT2D eigenvalue weighted by Gasteiger charge is -2.38. The molecule has 4 nitrogen and oxygen atoms in total. The molecule has 1 atom stereocenters. The monoisotopic (exact) mass is 320 g/mol. The number of para-hydroxylation sites is 1. The quantitative estimate of drug-likeness (QED) is 0.905. The molecule has 0 amide bonds. The summed E-state index contributed by atoms with van der Waals surface area (Å²) in [5.41, 5.74) is 3.88. The summed E-state index contributed by atoms with van der Waals surface area (Å²) in [5.74, 6) is 0. The van der Waals surface area contributed by atoms with Gasteiger partial charge in [-0.05, 0) is 45.7 Å². The molecular formula is C19H32N2O2. The number of benzene rings is 1. The molecule has 1 aromatic carbocycles. The molecular weight excluding hydrogens is 288 g/mol. The van der Waals surface area contributed by atoms with Crippen LogP contribution in [0.2, 0.25) is 0 Å². The number of anilines is 1. The smallest absolute Gasteiger partial charge is 0.0900 e. The predicted molar refractivity (Wildman–Crippen MR) is 96.3 cm³/mol. The summed E-state index contributed by atoms with van der Waals surface area (Å²) in [5, 5.41) is 10.2. The lowest BCUT2D eigenvalue weighted by atomic mass is 10.1. The number of β-amino-alcohol motifs (C(OH)–C–C–N with tert-alkyl or cyclic N) is 1. The van der Waals surface area contributed by atoms with E-state index in [1.54, 1.807) is 0 Å². The van der Waals surface area contributed by atoms with Gasteiger partial charge in [0.05, 0.1) is 18.3 Å². The highest BCUT2D eigenvalue weighted by Crippen LogP contribution is 2.25.